The van der Waals surface area contributed by atoms with Crippen LogP contribution >= 0.6 is 0 Å². The van der Waals surface area contributed by atoms with E-state index in [0.717, 1.165) is 19.3 Å². The van der Waals surface area contributed by atoms with Crippen LogP contribution in [0, 0.1) is 0 Å². The first-order chi connectivity index (χ1) is 9.20. The summed E-state index contributed by atoms with van der Waals surface area (Å²) in [4.78, 5) is 13.9. The summed E-state index contributed by atoms with van der Waals surface area (Å²) in [5.41, 5.74) is 6.92. The molecule has 4 nitrogen and oxygen atoms in total. The van der Waals surface area contributed by atoms with Gasteiger partial charge in [-0.1, -0.05) is 30.3 Å². The minimum absolute atomic E-state index is 0.114. The zero-order valence-corrected chi connectivity index (χ0v) is 11.5. The number of rotatable bonds is 7. The summed E-state index contributed by atoms with van der Waals surface area (Å²) in [6.07, 6.45) is 3.11. The number of nitrogens with zero attached hydrogens (tertiary/aromatic N) is 1. The van der Waals surface area contributed by atoms with Gasteiger partial charge in [-0.3, -0.25) is 9.69 Å². The van der Waals surface area contributed by atoms with Gasteiger partial charge < -0.3 is 11.1 Å². The molecule has 1 saturated carbocycles. The first-order valence-electron chi connectivity index (χ1n) is 6.95. The number of nitrogens with two attached hydrogens (primary N) is 1. The van der Waals surface area contributed by atoms with Crippen molar-refractivity contribution in [3.63, 3.8) is 0 Å². The number of carbonyl (C=O) groups is 1. The minimum atomic E-state index is 0.114. The Bertz CT molecular complexity index is 403. The van der Waals surface area contributed by atoms with Gasteiger partial charge in [-0.15, -0.1) is 0 Å². The average Bonchev–Trinajstić information content (AvgIpc) is 3.20. The largest absolute Gasteiger partial charge is 0.352 e. The fraction of sp³-hybridized carbons (Fsp3) is 0.533. The molecule has 3 N–H and O–H groups in total. The highest BCUT2D eigenvalue weighted by Crippen LogP contribution is 2.22. The molecule has 0 heterocycles. The Kier molecular flexibility index (Phi) is 4.93. The molecule has 4 heteroatoms. The van der Waals surface area contributed by atoms with Gasteiger partial charge in [0.2, 0.25) is 5.91 Å². The Hall–Kier alpha value is -1.39. The van der Waals surface area contributed by atoms with Gasteiger partial charge in [-0.25, -0.2) is 0 Å². The summed E-state index contributed by atoms with van der Waals surface area (Å²) < 4.78 is 0. The van der Waals surface area contributed by atoms with Crippen molar-refractivity contribution in [3.05, 3.63) is 35.9 Å². The third kappa shape index (κ3) is 4.33. The van der Waals surface area contributed by atoms with E-state index in [9.17, 15) is 4.79 Å². The second kappa shape index (κ2) is 6.68. The van der Waals surface area contributed by atoms with Crippen LogP contribution in [0.5, 0.6) is 0 Å². The van der Waals surface area contributed by atoms with Crippen LogP contribution in [0.1, 0.15) is 30.9 Å². The maximum atomic E-state index is 11.9. The monoisotopic (exact) mass is 261 g/mol. The number of nitrogens with one attached hydrogen (secondary N) is 1. The van der Waals surface area contributed by atoms with E-state index in [-0.39, 0.29) is 11.9 Å². The quantitative estimate of drug-likeness (QED) is 0.777. The molecule has 19 heavy (non-hydrogen) atoms. The van der Waals surface area contributed by atoms with E-state index in [1.807, 2.05) is 25.2 Å². The van der Waals surface area contributed by atoms with Crippen molar-refractivity contribution >= 4 is 5.91 Å². The summed E-state index contributed by atoms with van der Waals surface area (Å²) in [6, 6.07) is 10.9. The van der Waals surface area contributed by atoms with Crippen LogP contribution in [0.25, 0.3) is 0 Å². The summed E-state index contributed by atoms with van der Waals surface area (Å²) in [6.45, 7) is 1.05. The van der Waals surface area contributed by atoms with Crippen molar-refractivity contribution in [3.8, 4) is 0 Å². The number of likely N-dealkylation sites (N-methyl/N-ethyl adjacent to an activating group) is 1. The first kappa shape index (κ1) is 14.0. The molecule has 104 valence electrons. The molecular weight excluding hydrogens is 238 g/mol. The van der Waals surface area contributed by atoms with E-state index < -0.39 is 0 Å². The second-order valence-electron chi connectivity index (χ2n) is 5.26. The lowest BCUT2D eigenvalue weighted by molar-refractivity contribution is -0.122. The van der Waals surface area contributed by atoms with Crippen LogP contribution in [-0.2, 0) is 4.79 Å². The van der Waals surface area contributed by atoms with Crippen molar-refractivity contribution in [1.82, 2.24) is 10.2 Å². The normalized spacial score (nSPS) is 16.4. The molecule has 1 aliphatic carbocycles. The Morgan fingerprint density at radius 3 is 2.68 bits per heavy atom. The van der Waals surface area contributed by atoms with Gasteiger partial charge in [0.15, 0.2) is 0 Å². The SMILES string of the molecule is CN(CC(=O)NC1CC1)C(CCN)c1ccccc1. The fourth-order valence-corrected chi connectivity index (χ4v) is 2.31. The zero-order chi connectivity index (χ0) is 13.7. The maximum Gasteiger partial charge on any atom is 0.234 e. The van der Waals surface area contributed by atoms with E-state index in [4.69, 9.17) is 5.73 Å². The molecule has 1 atom stereocenters. The third-order valence-corrected chi connectivity index (χ3v) is 3.49. The van der Waals surface area contributed by atoms with E-state index in [1.165, 1.54) is 5.56 Å². The molecule has 1 unspecified atom stereocenters. The summed E-state index contributed by atoms with van der Waals surface area (Å²) in [5, 5.41) is 3.02. The van der Waals surface area contributed by atoms with Gasteiger partial charge in [-0.05, 0) is 38.4 Å². The van der Waals surface area contributed by atoms with Crippen LogP contribution in [0.3, 0.4) is 0 Å². The van der Waals surface area contributed by atoms with Crippen LogP contribution in [-0.4, -0.2) is 37.0 Å². The molecular formula is C15H23N3O. The molecule has 1 aromatic rings. The van der Waals surface area contributed by atoms with Crippen molar-refractivity contribution < 1.29 is 4.79 Å². The maximum absolute atomic E-state index is 11.9. The van der Waals surface area contributed by atoms with Crippen molar-refractivity contribution in [2.75, 3.05) is 20.1 Å². The second-order valence-corrected chi connectivity index (χ2v) is 5.26. The number of hydrogen-bond donors (Lipinski definition) is 2. The molecule has 0 saturated heterocycles. The van der Waals surface area contributed by atoms with E-state index in [1.54, 1.807) is 0 Å². The average molecular weight is 261 g/mol. The molecule has 2 rings (SSSR count). The van der Waals surface area contributed by atoms with Crippen LogP contribution in [0.4, 0.5) is 0 Å². The minimum Gasteiger partial charge on any atom is -0.352 e. The van der Waals surface area contributed by atoms with Gasteiger partial charge in [0.25, 0.3) is 0 Å². The predicted octanol–water partition coefficient (Wildman–Crippen LogP) is 1.29. The lowest BCUT2D eigenvalue weighted by Gasteiger charge is -2.27. The smallest absolute Gasteiger partial charge is 0.234 e. The first-order valence-corrected chi connectivity index (χ1v) is 6.95. The highest BCUT2D eigenvalue weighted by atomic mass is 16.2. The van der Waals surface area contributed by atoms with Gasteiger partial charge in [0, 0.05) is 12.1 Å². The number of hydrogen-bond acceptors (Lipinski definition) is 3. The van der Waals surface area contributed by atoms with Crippen LogP contribution < -0.4 is 11.1 Å². The third-order valence-electron chi connectivity index (χ3n) is 3.49. The number of carbonyl (C=O) groups excluding carboxylic acids is 1. The summed E-state index contributed by atoms with van der Waals surface area (Å²) >= 11 is 0. The lowest BCUT2D eigenvalue weighted by atomic mass is 10.0. The number of benzene rings is 1. The summed E-state index contributed by atoms with van der Waals surface area (Å²) in [5.74, 6) is 0.114. The molecule has 0 spiro atoms. The summed E-state index contributed by atoms with van der Waals surface area (Å²) in [7, 11) is 1.99. The highest BCUT2D eigenvalue weighted by Gasteiger charge is 2.25. The van der Waals surface area contributed by atoms with Gasteiger partial charge >= 0.3 is 0 Å². The van der Waals surface area contributed by atoms with Crippen molar-refractivity contribution in [2.45, 2.75) is 31.3 Å². The fourth-order valence-electron chi connectivity index (χ4n) is 2.31. The Balaban J connectivity index is 1.95. The Labute approximate surface area is 115 Å². The van der Waals surface area contributed by atoms with Gasteiger partial charge in [0.05, 0.1) is 6.54 Å². The molecule has 0 bridgehead atoms. The molecule has 1 aliphatic rings. The van der Waals surface area contributed by atoms with Gasteiger partial charge in [0.1, 0.15) is 0 Å². The molecule has 0 aliphatic heterocycles. The van der Waals surface area contributed by atoms with Crippen LogP contribution in [0.15, 0.2) is 30.3 Å². The molecule has 1 amide bonds. The lowest BCUT2D eigenvalue weighted by Crippen LogP contribution is -2.38. The van der Waals surface area contributed by atoms with E-state index in [0.29, 0.717) is 19.1 Å². The highest BCUT2D eigenvalue weighted by molar-refractivity contribution is 5.78. The van der Waals surface area contributed by atoms with Crippen molar-refractivity contribution in [1.29, 1.82) is 0 Å². The van der Waals surface area contributed by atoms with Crippen molar-refractivity contribution in [2.24, 2.45) is 5.73 Å². The molecule has 1 aromatic carbocycles. The van der Waals surface area contributed by atoms with E-state index in [2.05, 4.69) is 22.3 Å². The molecule has 1 fully saturated rings. The molecule has 0 radical (unpaired) electrons. The predicted molar refractivity (Wildman–Crippen MR) is 76.6 cm³/mol. The zero-order valence-electron chi connectivity index (χ0n) is 11.5. The van der Waals surface area contributed by atoms with E-state index >= 15 is 0 Å². The van der Waals surface area contributed by atoms with Crippen LogP contribution in [0.2, 0.25) is 0 Å². The van der Waals surface area contributed by atoms with Gasteiger partial charge in [-0.2, -0.15) is 0 Å². The topological polar surface area (TPSA) is 58.4 Å². The number of amides is 1. The Morgan fingerprint density at radius 2 is 2.11 bits per heavy atom. The standard InChI is InChI=1S/C15H23N3O/c1-18(11-15(19)17-13-7-8-13)14(9-10-16)12-5-3-2-4-6-12/h2-6,13-14H,7-11,16H2,1H3,(H,17,19). The Morgan fingerprint density at radius 1 is 1.42 bits per heavy atom. The molecule has 0 aromatic heterocycles.